The molecule has 2 nitrogen and oxygen atoms in total. The van der Waals surface area contributed by atoms with E-state index in [1.165, 1.54) is 6.08 Å². The first kappa shape index (κ1) is 10.6. The Balaban J connectivity index is 3.17. The summed E-state index contributed by atoms with van der Waals surface area (Å²) in [5, 5.41) is 9.02. The van der Waals surface area contributed by atoms with Gasteiger partial charge in [-0.15, -0.1) is 0 Å². The van der Waals surface area contributed by atoms with Crippen molar-refractivity contribution in [3.63, 3.8) is 0 Å². The van der Waals surface area contributed by atoms with Gasteiger partial charge in [0.2, 0.25) is 0 Å². The van der Waals surface area contributed by atoms with Crippen LogP contribution in [0.5, 0.6) is 5.75 Å². The first-order valence-electron chi connectivity index (χ1n) is 4.09. The van der Waals surface area contributed by atoms with Gasteiger partial charge in [0.05, 0.1) is 13.2 Å². The molecule has 0 fully saturated rings. The third-order valence-corrected chi connectivity index (χ3v) is 2.28. The molecule has 0 bridgehead atoms. The molecule has 0 aliphatic carbocycles. The van der Waals surface area contributed by atoms with Crippen molar-refractivity contribution in [2.24, 2.45) is 0 Å². The molecule has 1 aromatic rings. The van der Waals surface area contributed by atoms with Crippen molar-refractivity contribution >= 4 is 17.7 Å². The van der Waals surface area contributed by atoms with Gasteiger partial charge in [-0.1, -0.05) is 11.6 Å². The van der Waals surface area contributed by atoms with Gasteiger partial charge in [-0.25, -0.2) is 0 Å². The smallest absolute Gasteiger partial charge is 0.123 e. The van der Waals surface area contributed by atoms with Gasteiger partial charge in [0.1, 0.15) is 5.75 Å². The number of hydrogen-bond donors (Lipinski definition) is 0. The second-order valence-corrected chi connectivity index (χ2v) is 3.20. The fourth-order valence-corrected chi connectivity index (χ4v) is 1.33. The molecule has 0 amide bonds. The molecule has 0 saturated carbocycles. The minimum absolute atomic E-state index is 0.641. The van der Waals surface area contributed by atoms with Crippen LogP contribution in [0.15, 0.2) is 18.2 Å². The predicted molar refractivity (Wildman–Crippen MR) is 57.4 cm³/mol. The zero-order valence-corrected chi connectivity index (χ0v) is 8.80. The Morgan fingerprint density at radius 3 is 2.79 bits per heavy atom. The Morgan fingerprint density at radius 2 is 2.21 bits per heavy atom. The molecule has 1 aromatic carbocycles. The maximum Gasteiger partial charge on any atom is 0.123 e. The molecule has 0 N–H and O–H groups in total. The third kappa shape index (κ3) is 2.27. The van der Waals surface area contributed by atoms with Crippen molar-refractivity contribution < 1.29 is 4.74 Å². The van der Waals surface area contributed by atoms with Gasteiger partial charge in [0.25, 0.3) is 0 Å². The van der Waals surface area contributed by atoms with E-state index in [4.69, 9.17) is 21.6 Å². The summed E-state index contributed by atoms with van der Waals surface area (Å²) in [6, 6.07) is 5.56. The summed E-state index contributed by atoms with van der Waals surface area (Å²) < 4.78 is 5.15. The van der Waals surface area contributed by atoms with Crippen LogP contribution in [-0.4, -0.2) is 7.11 Å². The van der Waals surface area contributed by atoms with Crippen LogP contribution >= 0.6 is 11.6 Å². The van der Waals surface area contributed by atoms with Crippen LogP contribution in [0, 0.1) is 18.3 Å². The average Bonchev–Trinajstić information content (AvgIpc) is 2.19. The number of nitriles is 1. The van der Waals surface area contributed by atoms with E-state index in [9.17, 15) is 0 Å². The maximum absolute atomic E-state index is 8.38. The quantitative estimate of drug-likeness (QED) is 0.698. The highest BCUT2D eigenvalue weighted by Crippen LogP contribution is 2.27. The summed E-state index contributed by atoms with van der Waals surface area (Å²) >= 11 is 5.98. The third-order valence-electron chi connectivity index (χ3n) is 1.89. The summed E-state index contributed by atoms with van der Waals surface area (Å²) in [4.78, 5) is 0. The normalized spacial score (nSPS) is 10.1. The van der Waals surface area contributed by atoms with E-state index in [1.807, 2.05) is 19.1 Å². The van der Waals surface area contributed by atoms with E-state index >= 15 is 0 Å². The lowest BCUT2D eigenvalue weighted by molar-refractivity contribution is 0.411. The SMILES string of the molecule is COc1cc(/C=C/C#N)cc(Cl)c1C. The van der Waals surface area contributed by atoms with Crippen LogP contribution in [0.3, 0.4) is 0 Å². The van der Waals surface area contributed by atoms with Gasteiger partial charge in [0.15, 0.2) is 0 Å². The van der Waals surface area contributed by atoms with Gasteiger partial charge >= 0.3 is 0 Å². The highest BCUT2D eigenvalue weighted by molar-refractivity contribution is 6.31. The maximum atomic E-state index is 8.38. The Labute approximate surface area is 88.4 Å². The van der Waals surface area contributed by atoms with Gasteiger partial charge in [-0.3, -0.25) is 0 Å². The van der Waals surface area contributed by atoms with Gasteiger partial charge in [-0.05, 0) is 30.7 Å². The lowest BCUT2D eigenvalue weighted by atomic mass is 10.1. The van der Waals surface area contributed by atoms with Crippen molar-refractivity contribution in [1.82, 2.24) is 0 Å². The van der Waals surface area contributed by atoms with Crippen molar-refractivity contribution in [3.05, 3.63) is 34.4 Å². The lowest BCUT2D eigenvalue weighted by Crippen LogP contribution is -1.88. The number of hydrogen-bond acceptors (Lipinski definition) is 2. The molecule has 14 heavy (non-hydrogen) atoms. The highest BCUT2D eigenvalue weighted by Gasteiger charge is 2.03. The second-order valence-electron chi connectivity index (χ2n) is 2.79. The molecule has 3 heteroatoms. The number of benzene rings is 1. The lowest BCUT2D eigenvalue weighted by Gasteiger charge is -2.07. The van der Waals surface area contributed by atoms with Gasteiger partial charge in [0, 0.05) is 16.7 Å². The molecule has 0 saturated heterocycles. The van der Waals surface area contributed by atoms with Gasteiger partial charge in [-0.2, -0.15) is 5.26 Å². The molecule has 0 radical (unpaired) electrons. The van der Waals surface area contributed by atoms with E-state index in [1.54, 1.807) is 19.3 Å². The molecule has 0 unspecified atom stereocenters. The van der Waals surface area contributed by atoms with Crippen LogP contribution < -0.4 is 4.74 Å². The molecule has 0 atom stereocenters. The van der Waals surface area contributed by atoms with Crippen LogP contribution in [0.2, 0.25) is 5.02 Å². The molecule has 0 heterocycles. The Hall–Kier alpha value is -1.46. The number of ether oxygens (including phenoxy) is 1. The Kier molecular flexibility index (Phi) is 3.55. The Bertz CT molecular complexity index is 404. The monoisotopic (exact) mass is 207 g/mol. The molecule has 0 aromatic heterocycles. The zero-order valence-electron chi connectivity index (χ0n) is 8.04. The highest BCUT2D eigenvalue weighted by atomic mass is 35.5. The van der Waals surface area contributed by atoms with Crippen LogP contribution in [0.4, 0.5) is 0 Å². The molecule has 0 aliphatic heterocycles. The number of methoxy groups -OCH3 is 1. The van der Waals surface area contributed by atoms with Crippen LogP contribution in [0.1, 0.15) is 11.1 Å². The topological polar surface area (TPSA) is 33.0 Å². The standard InChI is InChI=1S/C11H10ClNO/c1-8-10(12)6-9(4-3-5-13)7-11(8)14-2/h3-4,6-7H,1-2H3/b4-3+. The summed E-state index contributed by atoms with van der Waals surface area (Å²) in [6.45, 7) is 1.89. The Morgan fingerprint density at radius 1 is 1.50 bits per heavy atom. The van der Waals surface area contributed by atoms with E-state index in [-0.39, 0.29) is 0 Å². The number of nitrogens with zero attached hydrogens (tertiary/aromatic N) is 1. The molecule has 72 valence electrons. The fraction of sp³-hybridized carbons (Fsp3) is 0.182. The van der Waals surface area contributed by atoms with Crippen molar-refractivity contribution in [1.29, 1.82) is 5.26 Å². The summed E-state index contributed by atoms with van der Waals surface area (Å²) in [5.41, 5.74) is 1.77. The zero-order chi connectivity index (χ0) is 10.6. The van der Waals surface area contributed by atoms with E-state index in [0.29, 0.717) is 5.02 Å². The minimum Gasteiger partial charge on any atom is -0.496 e. The first-order valence-corrected chi connectivity index (χ1v) is 4.47. The molecule has 0 aliphatic rings. The summed E-state index contributed by atoms with van der Waals surface area (Å²) in [7, 11) is 1.59. The van der Waals surface area contributed by atoms with Crippen molar-refractivity contribution in [2.45, 2.75) is 6.92 Å². The van der Waals surface area contributed by atoms with E-state index in [2.05, 4.69) is 0 Å². The molecule has 1 rings (SSSR count). The van der Waals surface area contributed by atoms with E-state index in [0.717, 1.165) is 16.9 Å². The fourth-order valence-electron chi connectivity index (χ4n) is 1.12. The average molecular weight is 208 g/mol. The van der Waals surface area contributed by atoms with Crippen LogP contribution in [0.25, 0.3) is 6.08 Å². The second kappa shape index (κ2) is 4.69. The molecular formula is C11H10ClNO. The van der Waals surface area contributed by atoms with E-state index < -0.39 is 0 Å². The number of allylic oxidation sites excluding steroid dienone is 1. The molecule has 0 spiro atoms. The first-order chi connectivity index (χ1) is 6.69. The van der Waals surface area contributed by atoms with Crippen molar-refractivity contribution in [3.8, 4) is 11.8 Å². The number of halogens is 1. The van der Waals surface area contributed by atoms with Crippen LogP contribution in [-0.2, 0) is 0 Å². The summed E-state index contributed by atoms with van der Waals surface area (Å²) in [6.07, 6.45) is 3.09. The van der Waals surface area contributed by atoms with Crippen molar-refractivity contribution in [2.75, 3.05) is 7.11 Å². The number of rotatable bonds is 2. The predicted octanol–water partition coefficient (Wildman–Crippen LogP) is 3.19. The largest absolute Gasteiger partial charge is 0.496 e. The minimum atomic E-state index is 0.641. The molecular weight excluding hydrogens is 198 g/mol. The summed E-state index contributed by atoms with van der Waals surface area (Å²) in [5.74, 6) is 0.732. The van der Waals surface area contributed by atoms with Gasteiger partial charge < -0.3 is 4.74 Å².